The molecule has 6 heteroatoms. The van der Waals surface area contributed by atoms with Crippen molar-refractivity contribution in [2.75, 3.05) is 13.1 Å². The van der Waals surface area contributed by atoms with Crippen LogP contribution in [0, 0.1) is 12.7 Å². The molecule has 0 aliphatic carbocycles. The largest absolute Gasteiger partial charge is 0.480 e. The number of aliphatic carboxylic acids is 1. The van der Waals surface area contributed by atoms with Gasteiger partial charge in [0.1, 0.15) is 11.9 Å². The maximum Gasteiger partial charge on any atom is 0.320 e. The van der Waals surface area contributed by atoms with Crippen molar-refractivity contribution in [1.82, 2.24) is 10.2 Å². The zero-order chi connectivity index (χ0) is 15.4. The fourth-order valence-corrected chi connectivity index (χ4v) is 2.48. The second-order valence-corrected chi connectivity index (χ2v) is 5.33. The van der Waals surface area contributed by atoms with E-state index in [-0.39, 0.29) is 24.8 Å². The van der Waals surface area contributed by atoms with Crippen LogP contribution in [0.3, 0.4) is 0 Å². The minimum atomic E-state index is -0.888. The summed E-state index contributed by atoms with van der Waals surface area (Å²) in [5.74, 6) is -1.43. The predicted molar refractivity (Wildman–Crippen MR) is 75.2 cm³/mol. The lowest BCUT2D eigenvalue weighted by molar-refractivity contribution is -0.142. The summed E-state index contributed by atoms with van der Waals surface area (Å²) in [5.41, 5.74) is 1.24. The van der Waals surface area contributed by atoms with E-state index in [0.717, 1.165) is 6.42 Å². The fraction of sp³-hybridized carbons (Fsp3) is 0.467. The molecular weight excluding hydrogens is 275 g/mol. The number of halogens is 1. The van der Waals surface area contributed by atoms with Crippen molar-refractivity contribution in [1.29, 1.82) is 0 Å². The molecule has 1 amide bonds. The van der Waals surface area contributed by atoms with E-state index < -0.39 is 12.0 Å². The van der Waals surface area contributed by atoms with Crippen molar-refractivity contribution < 1.29 is 19.1 Å². The lowest BCUT2D eigenvalue weighted by Gasteiger charge is -2.20. The van der Waals surface area contributed by atoms with Crippen LogP contribution in [0.25, 0.3) is 0 Å². The number of likely N-dealkylation sites (tertiary alicyclic amines) is 1. The first-order valence-electron chi connectivity index (χ1n) is 6.96. The summed E-state index contributed by atoms with van der Waals surface area (Å²) in [4.78, 5) is 24.5. The van der Waals surface area contributed by atoms with E-state index in [9.17, 15) is 14.0 Å². The molecule has 114 valence electrons. The minimum absolute atomic E-state index is 0.0608. The lowest BCUT2D eigenvalue weighted by atomic mass is 10.1. The van der Waals surface area contributed by atoms with E-state index in [1.807, 2.05) is 0 Å². The Bertz CT molecular complexity index is 548. The Morgan fingerprint density at radius 2 is 2.24 bits per heavy atom. The van der Waals surface area contributed by atoms with Crippen LogP contribution in [0.5, 0.6) is 0 Å². The molecular formula is C15H19FN2O3. The highest BCUT2D eigenvalue weighted by Crippen LogP contribution is 2.16. The average molecular weight is 294 g/mol. The Morgan fingerprint density at radius 3 is 2.90 bits per heavy atom. The first-order chi connectivity index (χ1) is 9.97. The standard InChI is InChI=1S/C15H19FN2O3/c1-10-4-5-11(7-12(10)16)8-17-14(19)9-18-6-2-3-13(18)15(20)21/h4-5,7,13H,2-3,6,8-9H2,1H3,(H,17,19)(H,20,21). The summed E-state index contributed by atoms with van der Waals surface area (Å²) < 4.78 is 13.4. The number of nitrogens with one attached hydrogen (secondary N) is 1. The second-order valence-electron chi connectivity index (χ2n) is 5.33. The van der Waals surface area contributed by atoms with Gasteiger partial charge in [-0.2, -0.15) is 0 Å². The molecule has 0 radical (unpaired) electrons. The average Bonchev–Trinajstić information content (AvgIpc) is 2.88. The molecule has 1 fully saturated rings. The van der Waals surface area contributed by atoms with Gasteiger partial charge in [-0.1, -0.05) is 12.1 Å². The molecule has 0 bridgehead atoms. The normalized spacial score (nSPS) is 18.7. The highest BCUT2D eigenvalue weighted by molar-refractivity contribution is 5.80. The number of carbonyl (C=O) groups excluding carboxylic acids is 1. The molecule has 1 aromatic rings. The molecule has 0 saturated carbocycles. The molecule has 1 atom stereocenters. The number of benzene rings is 1. The number of carboxylic acids is 1. The van der Waals surface area contributed by atoms with Crippen molar-refractivity contribution in [2.24, 2.45) is 0 Å². The molecule has 1 aromatic carbocycles. The van der Waals surface area contributed by atoms with E-state index in [4.69, 9.17) is 5.11 Å². The summed E-state index contributed by atoms with van der Waals surface area (Å²) in [6, 6.07) is 4.24. The fourth-order valence-electron chi connectivity index (χ4n) is 2.48. The highest BCUT2D eigenvalue weighted by Gasteiger charge is 2.31. The van der Waals surface area contributed by atoms with Crippen LogP contribution in [0.1, 0.15) is 24.0 Å². The lowest BCUT2D eigenvalue weighted by Crippen LogP contribution is -2.42. The summed E-state index contributed by atoms with van der Waals surface area (Å²) >= 11 is 0. The van der Waals surface area contributed by atoms with Crippen LogP contribution in [0.15, 0.2) is 18.2 Å². The van der Waals surface area contributed by atoms with Gasteiger partial charge in [0, 0.05) is 6.54 Å². The van der Waals surface area contributed by atoms with E-state index in [2.05, 4.69) is 5.32 Å². The van der Waals surface area contributed by atoms with E-state index in [1.165, 1.54) is 6.07 Å². The number of carbonyl (C=O) groups is 2. The molecule has 1 saturated heterocycles. The van der Waals surface area contributed by atoms with E-state index in [1.54, 1.807) is 24.0 Å². The van der Waals surface area contributed by atoms with Crippen LogP contribution in [-0.4, -0.2) is 41.0 Å². The van der Waals surface area contributed by atoms with Gasteiger partial charge in [0.05, 0.1) is 6.54 Å². The Morgan fingerprint density at radius 1 is 1.48 bits per heavy atom. The summed E-state index contributed by atoms with van der Waals surface area (Å²) in [6.45, 7) is 2.59. The maximum atomic E-state index is 13.4. The number of hydrogen-bond donors (Lipinski definition) is 2. The molecule has 2 rings (SSSR count). The van der Waals surface area contributed by atoms with Crippen molar-refractivity contribution in [3.63, 3.8) is 0 Å². The third-order valence-corrected chi connectivity index (χ3v) is 3.72. The quantitative estimate of drug-likeness (QED) is 0.859. The first kappa shape index (κ1) is 15.4. The third-order valence-electron chi connectivity index (χ3n) is 3.72. The van der Waals surface area contributed by atoms with Crippen LogP contribution in [-0.2, 0) is 16.1 Å². The molecule has 5 nitrogen and oxygen atoms in total. The van der Waals surface area contributed by atoms with Gasteiger partial charge in [0.15, 0.2) is 0 Å². The number of hydrogen-bond acceptors (Lipinski definition) is 3. The van der Waals surface area contributed by atoms with Crippen molar-refractivity contribution in [3.05, 3.63) is 35.1 Å². The summed E-state index contributed by atoms with van der Waals surface area (Å²) in [7, 11) is 0. The number of aryl methyl sites for hydroxylation is 1. The smallest absolute Gasteiger partial charge is 0.320 e. The second kappa shape index (κ2) is 6.67. The summed E-state index contributed by atoms with van der Waals surface area (Å²) in [6.07, 6.45) is 1.36. The molecule has 2 N–H and O–H groups in total. The van der Waals surface area contributed by atoms with Crippen LogP contribution in [0.4, 0.5) is 4.39 Å². The monoisotopic (exact) mass is 294 g/mol. The molecule has 1 aliphatic heterocycles. The molecule has 0 spiro atoms. The first-order valence-corrected chi connectivity index (χ1v) is 6.96. The van der Waals surface area contributed by atoms with Crippen LogP contribution < -0.4 is 5.32 Å². The zero-order valence-corrected chi connectivity index (χ0v) is 11.9. The molecule has 1 aliphatic rings. The SMILES string of the molecule is Cc1ccc(CNC(=O)CN2CCCC2C(=O)O)cc1F. The number of amides is 1. The predicted octanol–water partition coefficient (Wildman–Crippen LogP) is 1.30. The van der Waals surface area contributed by atoms with Gasteiger partial charge in [-0.15, -0.1) is 0 Å². The molecule has 0 aromatic heterocycles. The van der Waals surface area contributed by atoms with Crippen LogP contribution in [0.2, 0.25) is 0 Å². The highest BCUT2D eigenvalue weighted by atomic mass is 19.1. The summed E-state index contributed by atoms with van der Waals surface area (Å²) in [5, 5.41) is 11.7. The number of nitrogens with zero attached hydrogens (tertiary/aromatic N) is 1. The minimum Gasteiger partial charge on any atom is -0.480 e. The Labute approximate surface area is 122 Å². The van der Waals surface area contributed by atoms with Gasteiger partial charge < -0.3 is 10.4 Å². The third kappa shape index (κ3) is 4.01. The van der Waals surface area contributed by atoms with Gasteiger partial charge >= 0.3 is 5.97 Å². The maximum absolute atomic E-state index is 13.4. The van der Waals surface area contributed by atoms with E-state index in [0.29, 0.717) is 24.1 Å². The zero-order valence-electron chi connectivity index (χ0n) is 11.9. The molecule has 21 heavy (non-hydrogen) atoms. The van der Waals surface area contributed by atoms with Crippen molar-refractivity contribution in [3.8, 4) is 0 Å². The number of carboxylic acid groups (broad SMARTS) is 1. The number of rotatable bonds is 5. The van der Waals surface area contributed by atoms with Crippen LogP contribution >= 0.6 is 0 Å². The Hall–Kier alpha value is -1.95. The Kier molecular flexibility index (Phi) is 4.90. The van der Waals surface area contributed by atoms with E-state index >= 15 is 0 Å². The van der Waals surface area contributed by atoms with Gasteiger partial charge in [-0.3, -0.25) is 14.5 Å². The topological polar surface area (TPSA) is 69.6 Å². The van der Waals surface area contributed by atoms with Gasteiger partial charge in [-0.05, 0) is 43.5 Å². The van der Waals surface area contributed by atoms with Gasteiger partial charge in [0.25, 0.3) is 0 Å². The van der Waals surface area contributed by atoms with Gasteiger partial charge in [0.2, 0.25) is 5.91 Å². The molecule has 1 unspecified atom stereocenters. The van der Waals surface area contributed by atoms with Crippen molar-refractivity contribution in [2.45, 2.75) is 32.4 Å². The Balaban J connectivity index is 1.84. The molecule has 1 heterocycles. The van der Waals surface area contributed by atoms with Crippen molar-refractivity contribution >= 4 is 11.9 Å². The van der Waals surface area contributed by atoms with Gasteiger partial charge in [-0.25, -0.2) is 4.39 Å².